The molecule has 3 N–H and O–H groups in total. The normalized spacial score (nSPS) is 13.3. The van der Waals surface area contributed by atoms with Gasteiger partial charge in [0, 0.05) is 17.7 Å². The van der Waals surface area contributed by atoms with E-state index < -0.39 is 9.84 Å². The summed E-state index contributed by atoms with van der Waals surface area (Å²) in [6, 6.07) is -0.211. The molecule has 0 aromatic carbocycles. The number of aromatic nitrogens is 1. The molecular weight excluding hydrogens is 274 g/mol. The fourth-order valence-electron chi connectivity index (χ4n) is 1.16. The third-order valence-electron chi connectivity index (χ3n) is 2.28. The number of rotatable bonds is 6. The van der Waals surface area contributed by atoms with E-state index in [9.17, 15) is 13.2 Å². The monoisotopic (exact) mass is 291 g/mol. The maximum atomic E-state index is 11.7. The Hall–Kier alpha value is -0.990. The van der Waals surface area contributed by atoms with Crippen LogP contribution < -0.4 is 11.1 Å². The Bertz CT molecular complexity index is 508. The van der Waals surface area contributed by atoms with Crippen LogP contribution in [0.1, 0.15) is 35.4 Å². The van der Waals surface area contributed by atoms with Crippen LogP contribution >= 0.6 is 11.3 Å². The molecule has 1 heterocycles. The van der Waals surface area contributed by atoms with Gasteiger partial charge in [0.05, 0.1) is 11.8 Å². The van der Waals surface area contributed by atoms with E-state index in [0.717, 1.165) is 0 Å². The molecule has 1 atom stereocenters. The quantitative estimate of drug-likeness (QED) is 0.786. The van der Waals surface area contributed by atoms with E-state index in [1.165, 1.54) is 11.3 Å². The molecule has 1 aromatic rings. The first-order chi connectivity index (χ1) is 8.35. The Labute approximate surface area is 111 Å². The number of sulfone groups is 1. The lowest BCUT2D eigenvalue weighted by Gasteiger charge is -2.03. The van der Waals surface area contributed by atoms with Crippen LogP contribution in [0.4, 0.5) is 0 Å². The van der Waals surface area contributed by atoms with Crippen molar-refractivity contribution in [3.05, 3.63) is 16.1 Å². The standard InChI is InChI=1S/C10H17N3O3S2/c1-3-18(15,16)5-4-12-9(14)8-6-17-10(13-8)7(2)11/h6-7H,3-5,11H2,1-2H3,(H,12,14). The van der Waals surface area contributed by atoms with E-state index >= 15 is 0 Å². The van der Waals surface area contributed by atoms with Crippen molar-refractivity contribution in [2.45, 2.75) is 19.9 Å². The van der Waals surface area contributed by atoms with Crippen LogP contribution in [-0.2, 0) is 9.84 Å². The minimum Gasteiger partial charge on any atom is -0.350 e. The van der Waals surface area contributed by atoms with Crippen molar-refractivity contribution < 1.29 is 13.2 Å². The summed E-state index contributed by atoms with van der Waals surface area (Å²) in [6.45, 7) is 3.46. The van der Waals surface area contributed by atoms with Crippen molar-refractivity contribution in [2.24, 2.45) is 5.73 Å². The molecule has 1 unspecified atom stereocenters. The molecule has 0 radical (unpaired) electrons. The predicted molar refractivity (Wildman–Crippen MR) is 71.4 cm³/mol. The number of amides is 1. The second kappa shape index (κ2) is 6.26. The zero-order valence-corrected chi connectivity index (χ0v) is 12.0. The van der Waals surface area contributed by atoms with Crippen LogP contribution in [0.3, 0.4) is 0 Å². The van der Waals surface area contributed by atoms with Gasteiger partial charge in [0.15, 0.2) is 9.84 Å². The van der Waals surface area contributed by atoms with E-state index in [2.05, 4.69) is 10.3 Å². The van der Waals surface area contributed by atoms with E-state index in [4.69, 9.17) is 5.73 Å². The van der Waals surface area contributed by atoms with Crippen molar-refractivity contribution in [3.63, 3.8) is 0 Å². The summed E-state index contributed by atoms with van der Waals surface area (Å²) in [7, 11) is -3.06. The van der Waals surface area contributed by atoms with E-state index in [1.807, 2.05) is 0 Å². The molecule has 0 spiro atoms. The van der Waals surface area contributed by atoms with Crippen molar-refractivity contribution in [1.82, 2.24) is 10.3 Å². The molecular formula is C10H17N3O3S2. The zero-order valence-electron chi connectivity index (χ0n) is 10.3. The zero-order chi connectivity index (χ0) is 13.8. The van der Waals surface area contributed by atoms with Crippen LogP contribution in [0.5, 0.6) is 0 Å². The molecule has 8 heteroatoms. The first kappa shape index (κ1) is 15.1. The summed E-state index contributed by atoms with van der Waals surface area (Å²) < 4.78 is 22.5. The Morgan fingerprint density at radius 1 is 1.61 bits per heavy atom. The van der Waals surface area contributed by atoms with E-state index in [-0.39, 0.29) is 35.7 Å². The molecule has 1 aromatic heterocycles. The second-order valence-electron chi connectivity index (χ2n) is 3.85. The lowest BCUT2D eigenvalue weighted by molar-refractivity contribution is 0.0951. The summed E-state index contributed by atoms with van der Waals surface area (Å²) in [6.07, 6.45) is 0. The molecule has 0 bridgehead atoms. The van der Waals surface area contributed by atoms with Gasteiger partial charge in [-0.2, -0.15) is 0 Å². The van der Waals surface area contributed by atoms with Crippen molar-refractivity contribution in [1.29, 1.82) is 0 Å². The summed E-state index contributed by atoms with van der Waals surface area (Å²) >= 11 is 1.31. The van der Waals surface area contributed by atoms with Crippen LogP contribution in [0.2, 0.25) is 0 Å². The Balaban J connectivity index is 2.50. The van der Waals surface area contributed by atoms with Crippen LogP contribution in [0.25, 0.3) is 0 Å². The molecule has 0 aliphatic carbocycles. The molecule has 6 nitrogen and oxygen atoms in total. The van der Waals surface area contributed by atoms with Gasteiger partial charge in [0.25, 0.3) is 5.91 Å². The minimum absolute atomic E-state index is 0.0560. The van der Waals surface area contributed by atoms with Crippen molar-refractivity contribution in [3.8, 4) is 0 Å². The first-order valence-corrected chi connectivity index (χ1v) is 8.25. The van der Waals surface area contributed by atoms with Gasteiger partial charge in [-0.25, -0.2) is 13.4 Å². The van der Waals surface area contributed by atoms with Crippen LogP contribution in [0.15, 0.2) is 5.38 Å². The highest BCUT2D eigenvalue weighted by molar-refractivity contribution is 7.91. The number of nitrogens with zero attached hydrogens (tertiary/aromatic N) is 1. The largest absolute Gasteiger partial charge is 0.350 e. The predicted octanol–water partition coefficient (Wildman–Crippen LogP) is 0.327. The highest BCUT2D eigenvalue weighted by atomic mass is 32.2. The summed E-state index contributed by atoms with van der Waals surface area (Å²) in [5.74, 6) is -0.349. The number of hydrogen-bond donors (Lipinski definition) is 2. The Morgan fingerprint density at radius 2 is 2.28 bits per heavy atom. The van der Waals surface area contributed by atoms with Crippen molar-refractivity contribution >= 4 is 27.1 Å². The van der Waals surface area contributed by atoms with Crippen LogP contribution in [0, 0.1) is 0 Å². The third kappa shape index (κ3) is 4.35. The number of hydrogen-bond acceptors (Lipinski definition) is 6. The number of thiazole rings is 1. The number of nitrogens with two attached hydrogens (primary N) is 1. The number of nitrogens with one attached hydrogen (secondary N) is 1. The molecule has 0 saturated carbocycles. The van der Waals surface area contributed by atoms with Crippen LogP contribution in [-0.4, -0.2) is 37.4 Å². The second-order valence-corrected chi connectivity index (χ2v) is 7.21. The van der Waals surface area contributed by atoms with Gasteiger partial charge in [-0.1, -0.05) is 6.92 Å². The van der Waals surface area contributed by atoms with Crippen molar-refractivity contribution in [2.75, 3.05) is 18.1 Å². The average molecular weight is 291 g/mol. The number of carbonyl (C=O) groups is 1. The molecule has 1 rings (SSSR count). The highest BCUT2D eigenvalue weighted by Gasteiger charge is 2.13. The summed E-state index contributed by atoms with van der Waals surface area (Å²) in [4.78, 5) is 15.7. The lowest BCUT2D eigenvalue weighted by Crippen LogP contribution is -2.29. The molecule has 0 aliphatic heterocycles. The maximum absolute atomic E-state index is 11.7. The first-order valence-electron chi connectivity index (χ1n) is 5.55. The molecule has 18 heavy (non-hydrogen) atoms. The number of carbonyl (C=O) groups excluding carboxylic acids is 1. The third-order valence-corrected chi connectivity index (χ3v) is 5.03. The summed E-state index contributed by atoms with van der Waals surface area (Å²) in [5, 5.41) is 4.82. The van der Waals surface area contributed by atoms with Gasteiger partial charge < -0.3 is 11.1 Å². The lowest BCUT2D eigenvalue weighted by atomic mass is 10.4. The van der Waals surface area contributed by atoms with Gasteiger partial charge >= 0.3 is 0 Å². The summed E-state index contributed by atoms with van der Waals surface area (Å²) in [5.41, 5.74) is 5.92. The van der Waals surface area contributed by atoms with Gasteiger partial charge in [0.1, 0.15) is 10.7 Å². The van der Waals surface area contributed by atoms with Gasteiger partial charge in [-0.15, -0.1) is 11.3 Å². The molecule has 1 amide bonds. The maximum Gasteiger partial charge on any atom is 0.270 e. The average Bonchev–Trinajstić information content (AvgIpc) is 2.78. The Kier molecular flexibility index (Phi) is 5.24. The Morgan fingerprint density at radius 3 is 2.78 bits per heavy atom. The minimum atomic E-state index is -3.06. The molecule has 0 fully saturated rings. The molecule has 102 valence electrons. The molecule has 0 saturated heterocycles. The fraction of sp³-hybridized carbons (Fsp3) is 0.600. The topological polar surface area (TPSA) is 102 Å². The highest BCUT2D eigenvalue weighted by Crippen LogP contribution is 2.15. The van der Waals surface area contributed by atoms with Gasteiger partial charge in [0.2, 0.25) is 0 Å². The van der Waals surface area contributed by atoms with E-state index in [1.54, 1.807) is 19.2 Å². The van der Waals surface area contributed by atoms with Gasteiger partial charge in [-0.3, -0.25) is 4.79 Å². The van der Waals surface area contributed by atoms with Gasteiger partial charge in [-0.05, 0) is 6.92 Å². The fourth-order valence-corrected chi connectivity index (χ4v) is 2.62. The molecule has 0 aliphatic rings. The SMILES string of the molecule is CCS(=O)(=O)CCNC(=O)c1csc(C(C)N)n1. The smallest absolute Gasteiger partial charge is 0.270 e. The van der Waals surface area contributed by atoms with E-state index in [0.29, 0.717) is 5.01 Å².